The maximum Gasteiger partial charge on any atom is 0.0562 e. The van der Waals surface area contributed by atoms with Gasteiger partial charge in [0.2, 0.25) is 0 Å². The van der Waals surface area contributed by atoms with Crippen molar-refractivity contribution in [2.45, 2.75) is 26.3 Å². The van der Waals surface area contributed by atoms with Crippen LogP contribution in [0.4, 0.5) is 0 Å². The highest BCUT2D eigenvalue weighted by atomic mass is 16.5. The number of nitrogens with zero attached hydrogens (tertiary/aromatic N) is 1. The SMILES string of the molecule is C[C@@H]1CCN(C)[C@H](C)C12COC2. The van der Waals surface area contributed by atoms with E-state index in [0.717, 1.165) is 19.1 Å². The number of ether oxygens (including phenoxy) is 1. The molecule has 0 N–H and O–H groups in total. The lowest BCUT2D eigenvalue weighted by molar-refractivity contribution is -0.193. The van der Waals surface area contributed by atoms with E-state index in [-0.39, 0.29) is 0 Å². The monoisotopic (exact) mass is 169 g/mol. The molecule has 0 saturated carbocycles. The van der Waals surface area contributed by atoms with E-state index in [4.69, 9.17) is 4.74 Å². The highest BCUT2D eigenvalue weighted by Crippen LogP contribution is 2.45. The fourth-order valence-electron chi connectivity index (χ4n) is 2.59. The Morgan fingerprint density at radius 1 is 1.33 bits per heavy atom. The maximum absolute atomic E-state index is 5.38. The molecule has 2 rings (SSSR count). The second kappa shape index (κ2) is 2.71. The molecule has 2 heterocycles. The number of likely N-dealkylation sites (tertiary alicyclic amines) is 1. The van der Waals surface area contributed by atoms with Gasteiger partial charge in [0.1, 0.15) is 0 Å². The Hall–Kier alpha value is -0.0800. The molecule has 0 radical (unpaired) electrons. The van der Waals surface area contributed by atoms with E-state index in [2.05, 4.69) is 25.8 Å². The normalized spacial score (nSPS) is 41.2. The molecule has 0 bridgehead atoms. The van der Waals surface area contributed by atoms with Crippen molar-refractivity contribution in [2.24, 2.45) is 11.3 Å². The third-order valence-electron chi connectivity index (χ3n) is 4.13. The summed E-state index contributed by atoms with van der Waals surface area (Å²) >= 11 is 0. The van der Waals surface area contributed by atoms with Crippen molar-refractivity contribution in [3.05, 3.63) is 0 Å². The number of hydrogen-bond acceptors (Lipinski definition) is 2. The Morgan fingerprint density at radius 2 is 2.00 bits per heavy atom. The summed E-state index contributed by atoms with van der Waals surface area (Å²) in [5.41, 5.74) is 0.493. The summed E-state index contributed by atoms with van der Waals surface area (Å²) in [7, 11) is 2.23. The number of hydrogen-bond donors (Lipinski definition) is 0. The molecule has 2 nitrogen and oxygen atoms in total. The largest absolute Gasteiger partial charge is 0.380 e. The van der Waals surface area contributed by atoms with Crippen LogP contribution in [0.25, 0.3) is 0 Å². The Morgan fingerprint density at radius 3 is 2.42 bits per heavy atom. The Labute approximate surface area is 74.9 Å². The summed E-state index contributed by atoms with van der Waals surface area (Å²) in [5, 5.41) is 0. The van der Waals surface area contributed by atoms with Crippen LogP contribution in [-0.2, 0) is 4.74 Å². The van der Waals surface area contributed by atoms with Crippen molar-refractivity contribution in [3.63, 3.8) is 0 Å². The molecule has 0 aromatic heterocycles. The lowest BCUT2D eigenvalue weighted by Gasteiger charge is -2.56. The summed E-state index contributed by atoms with van der Waals surface area (Å²) in [5.74, 6) is 0.845. The van der Waals surface area contributed by atoms with Crippen LogP contribution in [0.1, 0.15) is 20.3 Å². The van der Waals surface area contributed by atoms with Gasteiger partial charge in [0.25, 0.3) is 0 Å². The van der Waals surface area contributed by atoms with Gasteiger partial charge in [-0.2, -0.15) is 0 Å². The van der Waals surface area contributed by atoms with Crippen LogP contribution in [0.15, 0.2) is 0 Å². The molecule has 1 spiro atoms. The van der Waals surface area contributed by atoms with Crippen molar-refractivity contribution in [1.29, 1.82) is 0 Å². The molecule has 0 unspecified atom stereocenters. The molecule has 12 heavy (non-hydrogen) atoms. The molecule has 2 fully saturated rings. The molecule has 2 aliphatic heterocycles. The van der Waals surface area contributed by atoms with E-state index >= 15 is 0 Å². The van der Waals surface area contributed by atoms with Crippen molar-refractivity contribution >= 4 is 0 Å². The quantitative estimate of drug-likeness (QED) is 0.543. The zero-order valence-electron chi connectivity index (χ0n) is 8.34. The second-order valence-corrected chi connectivity index (χ2v) is 4.57. The van der Waals surface area contributed by atoms with Crippen molar-refractivity contribution in [2.75, 3.05) is 26.8 Å². The summed E-state index contributed by atoms with van der Waals surface area (Å²) in [6.07, 6.45) is 1.34. The number of rotatable bonds is 0. The van der Waals surface area contributed by atoms with Gasteiger partial charge in [0, 0.05) is 11.5 Å². The van der Waals surface area contributed by atoms with E-state index < -0.39 is 0 Å². The average molecular weight is 169 g/mol. The van der Waals surface area contributed by atoms with Crippen LogP contribution in [0.2, 0.25) is 0 Å². The van der Waals surface area contributed by atoms with Crippen LogP contribution in [0, 0.1) is 11.3 Å². The first kappa shape index (κ1) is 8.52. The van der Waals surface area contributed by atoms with Gasteiger partial charge in [-0.3, -0.25) is 0 Å². The first-order valence-electron chi connectivity index (χ1n) is 4.95. The first-order valence-corrected chi connectivity index (χ1v) is 4.95. The molecule has 0 aromatic rings. The Balaban J connectivity index is 2.15. The van der Waals surface area contributed by atoms with Gasteiger partial charge in [-0.05, 0) is 32.9 Å². The predicted octanol–water partition coefficient (Wildman–Crippen LogP) is 1.36. The minimum absolute atomic E-state index is 0.493. The van der Waals surface area contributed by atoms with E-state index in [9.17, 15) is 0 Å². The molecule has 70 valence electrons. The fourth-order valence-corrected chi connectivity index (χ4v) is 2.59. The smallest absolute Gasteiger partial charge is 0.0562 e. The van der Waals surface area contributed by atoms with Crippen LogP contribution in [-0.4, -0.2) is 37.7 Å². The minimum atomic E-state index is 0.493. The zero-order valence-corrected chi connectivity index (χ0v) is 8.34. The summed E-state index contributed by atoms with van der Waals surface area (Å²) in [6, 6.07) is 0.704. The van der Waals surface area contributed by atoms with E-state index in [1.54, 1.807) is 0 Å². The molecular weight excluding hydrogens is 150 g/mol. The standard InChI is InChI=1S/C10H19NO/c1-8-4-5-11(3)9(2)10(8)6-12-7-10/h8-9H,4-7H2,1-3H3/t8-,9-/m1/s1. The Kier molecular flexibility index (Phi) is 1.92. The van der Waals surface area contributed by atoms with Gasteiger partial charge in [-0.25, -0.2) is 0 Å². The van der Waals surface area contributed by atoms with Gasteiger partial charge in [0.05, 0.1) is 13.2 Å². The van der Waals surface area contributed by atoms with Crippen LogP contribution < -0.4 is 0 Å². The summed E-state index contributed by atoms with van der Waals surface area (Å²) in [6.45, 7) is 7.95. The van der Waals surface area contributed by atoms with Crippen LogP contribution in [0.3, 0.4) is 0 Å². The lowest BCUT2D eigenvalue weighted by Crippen LogP contribution is -2.62. The maximum atomic E-state index is 5.38. The zero-order chi connectivity index (χ0) is 8.77. The van der Waals surface area contributed by atoms with Crippen LogP contribution in [0.5, 0.6) is 0 Å². The molecule has 2 aliphatic rings. The molecule has 0 aliphatic carbocycles. The summed E-state index contributed by atoms with van der Waals surface area (Å²) < 4.78 is 5.38. The van der Waals surface area contributed by atoms with Crippen molar-refractivity contribution in [3.8, 4) is 0 Å². The van der Waals surface area contributed by atoms with Gasteiger partial charge < -0.3 is 9.64 Å². The average Bonchev–Trinajstić information content (AvgIpc) is 1.95. The molecule has 0 amide bonds. The fraction of sp³-hybridized carbons (Fsp3) is 1.00. The van der Waals surface area contributed by atoms with Gasteiger partial charge in [0.15, 0.2) is 0 Å². The van der Waals surface area contributed by atoms with Gasteiger partial charge in [-0.15, -0.1) is 0 Å². The van der Waals surface area contributed by atoms with E-state index in [1.165, 1.54) is 13.0 Å². The van der Waals surface area contributed by atoms with Crippen LogP contribution >= 0.6 is 0 Å². The molecule has 2 atom stereocenters. The van der Waals surface area contributed by atoms with Crippen molar-refractivity contribution in [1.82, 2.24) is 4.90 Å². The van der Waals surface area contributed by atoms with E-state index in [0.29, 0.717) is 11.5 Å². The highest BCUT2D eigenvalue weighted by Gasteiger charge is 2.51. The molecule has 2 heteroatoms. The minimum Gasteiger partial charge on any atom is -0.380 e. The van der Waals surface area contributed by atoms with Crippen molar-refractivity contribution < 1.29 is 4.74 Å². The second-order valence-electron chi connectivity index (χ2n) is 4.57. The lowest BCUT2D eigenvalue weighted by atomic mass is 9.65. The first-order chi connectivity index (χ1) is 5.67. The molecular formula is C10H19NO. The molecule has 0 aromatic carbocycles. The molecule has 2 saturated heterocycles. The summed E-state index contributed by atoms with van der Waals surface area (Å²) in [4.78, 5) is 2.47. The third-order valence-corrected chi connectivity index (χ3v) is 4.13. The third kappa shape index (κ3) is 0.944. The van der Waals surface area contributed by atoms with Gasteiger partial charge >= 0.3 is 0 Å². The van der Waals surface area contributed by atoms with E-state index in [1.807, 2.05) is 0 Å². The highest BCUT2D eigenvalue weighted by molar-refractivity contribution is 5.00. The topological polar surface area (TPSA) is 12.5 Å². The Bertz CT molecular complexity index is 177. The van der Waals surface area contributed by atoms with Gasteiger partial charge in [-0.1, -0.05) is 6.92 Å². The predicted molar refractivity (Wildman–Crippen MR) is 49.1 cm³/mol. The number of piperidine rings is 1.